The first-order valence-corrected chi connectivity index (χ1v) is 8.34. The Kier molecular flexibility index (Phi) is 4.86. The van der Waals surface area contributed by atoms with Crippen LogP contribution in [0.5, 0.6) is 5.75 Å². The van der Waals surface area contributed by atoms with Crippen molar-refractivity contribution in [3.8, 4) is 5.75 Å². The Balaban J connectivity index is 1.90. The molecule has 5 heteroatoms. The van der Waals surface area contributed by atoms with Crippen molar-refractivity contribution in [1.82, 2.24) is 10.6 Å². The number of methoxy groups -OCH3 is 1. The maximum absolute atomic E-state index is 12.4. The zero-order chi connectivity index (χ0) is 16.2. The number of nitrogens with one attached hydrogen (secondary N) is 2. The van der Waals surface area contributed by atoms with Gasteiger partial charge in [-0.05, 0) is 37.1 Å². The van der Waals surface area contributed by atoms with Gasteiger partial charge in [0.15, 0.2) is 17.1 Å². The highest BCUT2D eigenvalue weighted by molar-refractivity contribution is 5.98. The lowest BCUT2D eigenvalue weighted by atomic mass is 10.1. The summed E-state index contributed by atoms with van der Waals surface area (Å²) in [5, 5.41) is 7.31. The molecule has 1 aromatic carbocycles. The van der Waals surface area contributed by atoms with Crippen molar-refractivity contribution in [3.63, 3.8) is 0 Å². The van der Waals surface area contributed by atoms with Crippen LogP contribution >= 0.6 is 0 Å². The van der Waals surface area contributed by atoms with E-state index in [1.807, 2.05) is 18.2 Å². The molecule has 1 saturated carbocycles. The van der Waals surface area contributed by atoms with Crippen LogP contribution in [0.15, 0.2) is 22.6 Å². The molecule has 0 aliphatic heterocycles. The van der Waals surface area contributed by atoms with Gasteiger partial charge in [-0.2, -0.15) is 0 Å². The number of hydrogen-bond donors (Lipinski definition) is 2. The molecule has 0 spiro atoms. The molecule has 0 radical (unpaired) electrons. The minimum Gasteiger partial charge on any atom is -0.493 e. The smallest absolute Gasteiger partial charge is 0.287 e. The Morgan fingerprint density at radius 2 is 2.13 bits per heavy atom. The second kappa shape index (κ2) is 7.04. The predicted molar refractivity (Wildman–Crippen MR) is 89.9 cm³/mol. The monoisotopic (exact) mass is 316 g/mol. The second-order valence-corrected chi connectivity index (χ2v) is 6.02. The van der Waals surface area contributed by atoms with E-state index >= 15 is 0 Å². The van der Waals surface area contributed by atoms with Gasteiger partial charge in [0.1, 0.15) is 0 Å². The van der Waals surface area contributed by atoms with E-state index in [9.17, 15) is 4.79 Å². The molecular weight excluding hydrogens is 292 g/mol. The maximum atomic E-state index is 12.4. The molecule has 1 amide bonds. The van der Waals surface area contributed by atoms with E-state index in [0.29, 0.717) is 17.1 Å². The zero-order valence-corrected chi connectivity index (χ0v) is 13.8. The molecule has 1 aliphatic carbocycles. The third-order valence-electron chi connectivity index (χ3n) is 4.44. The highest BCUT2D eigenvalue weighted by atomic mass is 16.5. The number of furan rings is 1. The van der Waals surface area contributed by atoms with E-state index in [1.54, 1.807) is 7.11 Å². The van der Waals surface area contributed by atoms with Gasteiger partial charge in [-0.3, -0.25) is 4.79 Å². The van der Waals surface area contributed by atoms with Gasteiger partial charge in [0.2, 0.25) is 0 Å². The summed E-state index contributed by atoms with van der Waals surface area (Å²) in [6.45, 7) is 3.69. The first-order valence-electron chi connectivity index (χ1n) is 8.34. The highest BCUT2D eigenvalue weighted by Gasteiger charge is 2.21. The van der Waals surface area contributed by atoms with Crippen LogP contribution in [-0.2, 0) is 6.54 Å². The van der Waals surface area contributed by atoms with E-state index in [1.165, 1.54) is 12.8 Å². The van der Waals surface area contributed by atoms with Crippen LogP contribution in [0.4, 0.5) is 0 Å². The fourth-order valence-corrected chi connectivity index (χ4v) is 3.17. The van der Waals surface area contributed by atoms with E-state index in [2.05, 4.69) is 17.6 Å². The van der Waals surface area contributed by atoms with Crippen molar-refractivity contribution >= 4 is 16.9 Å². The van der Waals surface area contributed by atoms with Gasteiger partial charge in [0.05, 0.1) is 7.11 Å². The second-order valence-electron chi connectivity index (χ2n) is 6.02. The standard InChI is InChI=1S/C18H24N2O3/c1-3-19-11-12-8-9-15(22-2)17-14(12)10-16(23-17)18(21)20-13-6-4-5-7-13/h8-10,13,19H,3-7,11H2,1-2H3,(H,20,21). The molecule has 23 heavy (non-hydrogen) atoms. The minimum atomic E-state index is -0.135. The average Bonchev–Trinajstić information content (AvgIpc) is 3.21. The quantitative estimate of drug-likeness (QED) is 0.859. The van der Waals surface area contributed by atoms with Crippen LogP contribution in [0.2, 0.25) is 0 Å². The van der Waals surface area contributed by atoms with Crippen molar-refractivity contribution < 1.29 is 13.9 Å². The third-order valence-corrected chi connectivity index (χ3v) is 4.44. The number of ether oxygens (including phenoxy) is 1. The van der Waals surface area contributed by atoms with Gasteiger partial charge in [0.25, 0.3) is 5.91 Å². The van der Waals surface area contributed by atoms with Crippen LogP contribution in [-0.4, -0.2) is 25.6 Å². The summed E-state index contributed by atoms with van der Waals surface area (Å²) in [5.74, 6) is 0.874. The Morgan fingerprint density at radius 1 is 1.35 bits per heavy atom. The van der Waals surface area contributed by atoms with Crippen molar-refractivity contribution in [1.29, 1.82) is 0 Å². The first-order chi connectivity index (χ1) is 11.2. The maximum Gasteiger partial charge on any atom is 0.287 e. The third kappa shape index (κ3) is 3.34. The number of fused-ring (bicyclic) bond motifs is 1. The number of carbonyl (C=O) groups is 1. The number of hydrogen-bond acceptors (Lipinski definition) is 4. The van der Waals surface area contributed by atoms with Crippen molar-refractivity contribution in [2.24, 2.45) is 0 Å². The topological polar surface area (TPSA) is 63.5 Å². The number of carbonyl (C=O) groups excluding carboxylic acids is 1. The lowest BCUT2D eigenvalue weighted by molar-refractivity contribution is 0.0912. The van der Waals surface area contributed by atoms with Crippen LogP contribution in [0.1, 0.15) is 48.7 Å². The Morgan fingerprint density at radius 3 is 2.83 bits per heavy atom. The molecule has 0 bridgehead atoms. The van der Waals surface area contributed by atoms with E-state index in [-0.39, 0.29) is 11.9 Å². The summed E-state index contributed by atoms with van der Waals surface area (Å²) in [5.41, 5.74) is 1.74. The summed E-state index contributed by atoms with van der Waals surface area (Å²) in [6.07, 6.45) is 4.49. The molecular formula is C18H24N2O3. The van der Waals surface area contributed by atoms with Gasteiger partial charge in [0, 0.05) is 18.0 Å². The minimum absolute atomic E-state index is 0.135. The Bertz CT molecular complexity index is 687. The molecule has 2 aromatic rings. The van der Waals surface area contributed by atoms with Gasteiger partial charge in [-0.1, -0.05) is 25.8 Å². The largest absolute Gasteiger partial charge is 0.493 e. The Hall–Kier alpha value is -2.01. The zero-order valence-electron chi connectivity index (χ0n) is 13.8. The lowest BCUT2D eigenvalue weighted by Crippen LogP contribution is -2.32. The summed E-state index contributed by atoms with van der Waals surface area (Å²) in [4.78, 5) is 12.4. The van der Waals surface area contributed by atoms with E-state index < -0.39 is 0 Å². The van der Waals surface area contributed by atoms with E-state index in [4.69, 9.17) is 9.15 Å². The van der Waals surface area contributed by atoms with Gasteiger partial charge in [-0.25, -0.2) is 0 Å². The van der Waals surface area contributed by atoms with Crippen LogP contribution in [0, 0.1) is 0 Å². The number of benzene rings is 1. The summed E-state index contributed by atoms with van der Waals surface area (Å²) in [6, 6.07) is 6.00. The highest BCUT2D eigenvalue weighted by Crippen LogP contribution is 2.32. The SMILES string of the molecule is CCNCc1ccc(OC)c2oc(C(=O)NC3CCCC3)cc12. The number of rotatable bonds is 6. The molecule has 1 fully saturated rings. The van der Waals surface area contributed by atoms with Crippen molar-refractivity contribution in [3.05, 3.63) is 29.5 Å². The molecule has 1 aromatic heterocycles. The predicted octanol–water partition coefficient (Wildman–Crippen LogP) is 3.22. The van der Waals surface area contributed by atoms with Crippen LogP contribution < -0.4 is 15.4 Å². The van der Waals surface area contributed by atoms with Gasteiger partial charge in [-0.15, -0.1) is 0 Å². The molecule has 124 valence electrons. The molecule has 0 atom stereocenters. The molecule has 1 aliphatic rings. The van der Waals surface area contributed by atoms with Gasteiger partial charge >= 0.3 is 0 Å². The molecule has 3 rings (SSSR count). The lowest BCUT2D eigenvalue weighted by Gasteiger charge is -2.09. The average molecular weight is 316 g/mol. The summed E-state index contributed by atoms with van der Waals surface area (Å²) >= 11 is 0. The summed E-state index contributed by atoms with van der Waals surface area (Å²) < 4.78 is 11.2. The molecule has 1 heterocycles. The molecule has 0 unspecified atom stereocenters. The Labute approximate surface area is 136 Å². The van der Waals surface area contributed by atoms with Crippen LogP contribution in [0.25, 0.3) is 11.0 Å². The summed E-state index contributed by atoms with van der Waals surface area (Å²) in [7, 11) is 1.61. The van der Waals surface area contributed by atoms with E-state index in [0.717, 1.165) is 36.9 Å². The van der Waals surface area contributed by atoms with Gasteiger partial charge < -0.3 is 19.8 Å². The molecule has 0 saturated heterocycles. The fourth-order valence-electron chi connectivity index (χ4n) is 3.17. The molecule has 2 N–H and O–H groups in total. The molecule has 5 nitrogen and oxygen atoms in total. The first kappa shape index (κ1) is 15.9. The normalized spacial score (nSPS) is 15.2. The number of amides is 1. The fraction of sp³-hybridized carbons (Fsp3) is 0.500. The van der Waals surface area contributed by atoms with Crippen molar-refractivity contribution in [2.45, 2.75) is 45.2 Å². The van der Waals surface area contributed by atoms with Crippen molar-refractivity contribution in [2.75, 3.05) is 13.7 Å². The van der Waals surface area contributed by atoms with Crippen LogP contribution in [0.3, 0.4) is 0 Å².